The number of aromatic amines is 1. The second-order valence-corrected chi connectivity index (χ2v) is 7.94. The fraction of sp³-hybridized carbons (Fsp3) is 0.273. The summed E-state index contributed by atoms with van der Waals surface area (Å²) in [4.78, 5) is 29.5. The van der Waals surface area contributed by atoms with Crippen LogP contribution < -0.4 is 5.32 Å². The molecule has 2 N–H and O–H groups in total. The van der Waals surface area contributed by atoms with Gasteiger partial charge in [-0.3, -0.25) is 9.59 Å². The molecule has 1 saturated heterocycles. The van der Waals surface area contributed by atoms with E-state index >= 15 is 0 Å². The molecule has 1 unspecified atom stereocenters. The van der Waals surface area contributed by atoms with Gasteiger partial charge in [-0.05, 0) is 42.3 Å². The third-order valence-electron chi connectivity index (χ3n) is 5.33. The number of hydrogen-bond donors (Lipinski definition) is 2. The van der Waals surface area contributed by atoms with E-state index in [4.69, 9.17) is 11.6 Å². The predicted molar refractivity (Wildman–Crippen MR) is 111 cm³/mol. The zero-order valence-corrected chi connectivity index (χ0v) is 17.1. The highest BCUT2D eigenvalue weighted by atomic mass is 35.5. The average Bonchev–Trinajstić information content (AvgIpc) is 3.32. The van der Waals surface area contributed by atoms with Gasteiger partial charge in [-0.15, -0.1) is 0 Å². The number of amides is 2. The Hall–Kier alpha value is -3.00. The Kier molecular flexibility index (Phi) is 5.66. The maximum Gasteiger partial charge on any atom is 0.416 e. The number of halogens is 4. The number of carbonyl (C=O) groups is 2. The van der Waals surface area contributed by atoms with Crippen LogP contribution in [0.2, 0.25) is 5.02 Å². The zero-order valence-electron chi connectivity index (χ0n) is 16.3. The van der Waals surface area contributed by atoms with Crippen LogP contribution in [0.1, 0.15) is 40.5 Å². The van der Waals surface area contributed by atoms with Crippen LogP contribution in [0.25, 0.3) is 10.9 Å². The summed E-state index contributed by atoms with van der Waals surface area (Å²) in [5.74, 6) is -0.562. The highest BCUT2D eigenvalue weighted by Gasteiger charge is 2.32. The SMILES string of the molecule is O=C(NC(CN1CCCC1=O)c1cccc(C(F)(F)F)c1)c1cc2ccc(Cl)cc2[nH]1. The molecule has 9 heteroatoms. The number of fused-ring (bicyclic) bond motifs is 1. The summed E-state index contributed by atoms with van der Waals surface area (Å²) in [6, 6.07) is 10.8. The Labute approximate surface area is 181 Å². The molecule has 0 aliphatic carbocycles. The van der Waals surface area contributed by atoms with E-state index < -0.39 is 23.7 Å². The number of hydrogen-bond acceptors (Lipinski definition) is 2. The molecule has 2 amide bonds. The van der Waals surface area contributed by atoms with Crippen LogP contribution in [0, 0.1) is 0 Å². The largest absolute Gasteiger partial charge is 0.416 e. The summed E-state index contributed by atoms with van der Waals surface area (Å²) in [5.41, 5.74) is 0.393. The third kappa shape index (κ3) is 4.69. The van der Waals surface area contributed by atoms with Crippen LogP contribution in [-0.4, -0.2) is 34.8 Å². The molecule has 0 radical (unpaired) electrons. The maximum absolute atomic E-state index is 13.2. The van der Waals surface area contributed by atoms with Crippen LogP contribution in [0.5, 0.6) is 0 Å². The fourth-order valence-corrected chi connectivity index (χ4v) is 3.91. The molecule has 5 nitrogen and oxygen atoms in total. The van der Waals surface area contributed by atoms with Crippen LogP contribution in [0.4, 0.5) is 13.2 Å². The van der Waals surface area contributed by atoms with E-state index in [1.807, 2.05) is 0 Å². The van der Waals surface area contributed by atoms with Crippen LogP contribution in [0.3, 0.4) is 0 Å². The second kappa shape index (κ2) is 8.26. The van der Waals surface area contributed by atoms with Crippen molar-refractivity contribution < 1.29 is 22.8 Å². The van der Waals surface area contributed by atoms with Crippen molar-refractivity contribution in [3.63, 3.8) is 0 Å². The number of benzene rings is 2. The highest BCUT2D eigenvalue weighted by molar-refractivity contribution is 6.31. The monoisotopic (exact) mass is 449 g/mol. The molecule has 31 heavy (non-hydrogen) atoms. The van der Waals surface area contributed by atoms with Gasteiger partial charge in [-0.1, -0.05) is 29.8 Å². The van der Waals surface area contributed by atoms with Gasteiger partial charge in [0.25, 0.3) is 5.91 Å². The number of aromatic nitrogens is 1. The Bertz CT molecular complexity index is 1140. The van der Waals surface area contributed by atoms with Crippen LogP contribution >= 0.6 is 11.6 Å². The third-order valence-corrected chi connectivity index (χ3v) is 5.56. The molecule has 3 aromatic rings. The number of likely N-dealkylation sites (tertiary alicyclic amines) is 1. The van der Waals surface area contributed by atoms with E-state index in [1.54, 1.807) is 29.2 Å². The highest BCUT2D eigenvalue weighted by Crippen LogP contribution is 2.31. The van der Waals surface area contributed by atoms with E-state index in [0.29, 0.717) is 29.9 Å². The van der Waals surface area contributed by atoms with Gasteiger partial charge in [-0.25, -0.2) is 0 Å². The number of nitrogens with one attached hydrogen (secondary N) is 2. The van der Waals surface area contributed by atoms with Crippen molar-refractivity contribution in [2.24, 2.45) is 0 Å². The molecule has 1 aliphatic rings. The standard InChI is InChI=1S/C22H19ClF3N3O2/c23-16-7-6-14-10-18(27-17(14)11-16)21(31)28-19(12-29-8-2-5-20(29)30)13-3-1-4-15(9-13)22(24,25)26/h1,3-4,6-7,9-11,19,27H,2,5,8,12H2,(H,28,31). The molecule has 1 atom stereocenters. The van der Waals surface area contributed by atoms with E-state index in [9.17, 15) is 22.8 Å². The van der Waals surface area contributed by atoms with Crippen molar-refractivity contribution in [2.75, 3.05) is 13.1 Å². The minimum atomic E-state index is -4.51. The first-order valence-corrected chi connectivity index (χ1v) is 10.1. The summed E-state index contributed by atoms with van der Waals surface area (Å²) >= 11 is 5.98. The van der Waals surface area contributed by atoms with Crippen molar-refractivity contribution in [2.45, 2.75) is 25.1 Å². The Morgan fingerprint density at radius 2 is 2.00 bits per heavy atom. The van der Waals surface area contributed by atoms with Gasteiger partial charge >= 0.3 is 6.18 Å². The molecular weight excluding hydrogens is 431 g/mol. The molecule has 0 spiro atoms. The smallest absolute Gasteiger partial charge is 0.350 e. The maximum atomic E-state index is 13.2. The summed E-state index contributed by atoms with van der Waals surface area (Å²) in [7, 11) is 0. The Morgan fingerprint density at radius 1 is 1.19 bits per heavy atom. The van der Waals surface area contributed by atoms with Crippen molar-refractivity contribution in [1.82, 2.24) is 15.2 Å². The summed E-state index contributed by atoms with van der Waals surface area (Å²) in [6.45, 7) is 0.604. The lowest BCUT2D eigenvalue weighted by atomic mass is 10.0. The molecule has 2 heterocycles. The number of nitrogens with zero attached hydrogens (tertiary/aromatic N) is 1. The lowest BCUT2D eigenvalue weighted by molar-refractivity contribution is -0.137. The van der Waals surface area contributed by atoms with Crippen molar-refractivity contribution in [1.29, 1.82) is 0 Å². The van der Waals surface area contributed by atoms with Gasteiger partial charge in [0.05, 0.1) is 11.6 Å². The van der Waals surface area contributed by atoms with Crippen LogP contribution in [-0.2, 0) is 11.0 Å². The molecule has 1 aromatic heterocycles. The van der Waals surface area contributed by atoms with E-state index in [2.05, 4.69) is 10.3 Å². The Balaban J connectivity index is 1.63. The molecule has 0 bridgehead atoms. The number of carbonyl (C=O) groups excluding carboxylic acids is 2. The topological polar surface area (TPSA) is 65.2 Å². The minimum Gasteiger partial charge on any atom is -0.350 e. The first-order chi connectivity index (χ1) is 14.7. The Morgan fingerprint density at radius 3 is 2.71 bits per heavy atom. The lowest BCUT2D eigenvalue weighted by Crippen LogP contribution is -2.38. The quantitative estimate of drug-likeness (QED) is 0.580. The molecule has 1 aliphatic heterocycles. The van der Waals surface area contributed by atoms with Gasteiger partial charge in [0.2, 0.25) is 5.91 Å². The van der Waals surface area contributed by atoms with Gasteiger partial charge in [0.1, 0.15) is 5.69 Å². The van der Waals surface area contributed by atoms with Gasteiger partial charge in [0.15, 0.2) is 0 Å². The van der Waals surface area contributed by atoms with Crippen molar-refractivity contribution >= 4 is 34.3 Å². The predicted octanol–water partition coefficient (Wildman–Crippen LogP) is 4.93. The second-order valence-electron chi connectivity index (χ2n) is 7.51. The summed E-state index contributed by atoms with van der Waals surface area (Å²) in [5, 5.41) is 4.07. The van der Waals surface area contributed by atoms with E-state index in [0.717, 1.165) is 17.5 Å². The molecule has 4 rings (SSSR count). The molecule has 162 valence electrons. The molecule has 0 saturated carbocycles. The van der Waals surface area contributed by atoms with Crippen molar-refractivity contribution in [3.8, 4) is 0 Å². The average molecular weight is 450 g/mol. The molecular formula is C22H19ClF3N3O2. The molecule has 2 aromatic carbocycles. The normalized spacial score (nSPS) is 15.5. The van der Waals surface area contributed by atoms with E-state index in [-0.39, 0.29) is 23.7 Å². The number of rotatable bonds is 5. The van der Waals surface area contributed by atoms with Crippen molar-refractivity contribution in [3.05, 3.63) is 70.4 Å². The minimum absolute atomic E-state index is 0.0773. The summed E-state index contributed by atoms with van der Waals surface area (Å²) < 4.78 is 39.6. The summed E-state index contributed by atoms with van der Waals surface area (Å²) in [6.07, 6.45) is -3.43. The zero-order chi connectivity index (χ0) is 22.2. The lowest BCUT2D eigenvalue weighted by Gasteiger charge is -2.25. The number of alkyl halides is 3. The van der Waals surface area contributed by atoms with Gasteiger partial charge in [-0.2, -0.15) is 13.2 Å². The van der Waals surface area contributed by atoms with Gasteiger partial charge in [0, 0.05) is 35.4 Å². The number of H-pyrrole nitrogens is 1. The van der Waals surface area contributed by atoms with Crippen LogP contribution in [0.15, 0.2) is 48.5 Å². The first-order valence-electron chi connectivity index (χ1n) is 9.75. The van der Waals surface area contributed by atoms with E-state index in [1.165, 1.54) is 12.1 Å². The van der Waals surface area contributed by atoms with Gasteiger partial charge < -0.3 is 15.2 Å². The fourth-order valence-electron chi connectivity index (χ4n) is 3.74. The first kappa shape index (κ1) is 21.2. The molecule has 1 fully saturated rings.